The lowest BCUT2D eigenvalue weighted by Gasteiger charge is -2.21. The maximum atomic E-state index is 9.79. The first kappa shape index (κ1) is 25.9. The van der Waals surface area contributed by atoms with Crippen molar-refractivity contribution in [1.82, 2.24) is 9.55 Å². The van der Waals surface area contributed by atoms with Crippen molar-refractivity contribution in [3.63, 3.8) is 0 Å². The first-order valence-corrected chi connectivity index (χ1v) is 12.0. The van der Waals surface area contributed by atoms with Gasteiger partial charge in [-0.1, -0.05) is 84.9 Å². The molecule has 0 bridgehead atoms. The Hall–Kier alpha value is -4.17. The molecule has 4 aromatic carbocycles. The van der Waals surface area contributed by atoms with Crippen LogP contribution in [0.1, 0.15) is 34.1 Å². The number of rotatable bonds is 7. The second-order valence-electron chi connectivity index (χ2n) is 8.92. The van der Waals surface area contributed by atoms with Gasteiger partial charge in [0.05, 0.1) is 36.5 Å². The second kappa shape index (κ2) is 11.7. The lowest BCUT2D eigenvalue weighted by Crippen LogP contribution is -2.11. The van der Waals surface area contributed by atoms with E-state index in [1.165, 1.54) is 11.1 Å². The summed E-state index contributed by atoms with van der Waals surface area (Å²) in [4.78, 5) is 4.33. The van der Waals surface area contributed by atoms with E-state index in [1.54, 1.807) is 6.33 Å². The zero-order valence-electron chi connectivity index (χ0n) is 20.8. The molecule has 0 aliphatic carbocycles. The van der Waals surface area contributed by atoms with E-state index in [1.807, 2.05) is 60.3 Å². The maximum Gasteiger partial charge on any atom is 0.124 e. The highest BCUT2D eigenvalue weighted by molar-refractivity contribution is 5.85. The summed E-state index contributed by atoms with van der Waals surface area (Å²) >= 11 is 0. The minimum atomic E-state index is -0.332. The van der Waals surface area contributed by atoms with Gasteiger partial charge in [-0.3, -0.25) is 0 Å². The Bertz CT molecular complexity index is 1520. The summed E-state index contributed by atoms with van der Waals surface area (Å²) in [7, 11) is 1.97. The average molecular weight is 506 g/mol. The summed E-state index contributed by atoms with van der Waals surface area (Å²) in [5, 5.41) is 9.79. The molecule has 0 fully saturated rings. The van der Waals surface area contributed by atoms with Crippen LogP contribution in [0.3, 0.4) is 0 Å². The summed E-state index contributed by atoms with van der Waals surface area (Å²) in [5.74, 6) is 0. The van der Waals surface area contributed by atoms with Crippen LogP contribution >= 0.6 is 12.4 Å². The van der Waals surface area contributed by atoms with Crippen molar-refractivity contribution >= 4 is 12.4 Å². The number of hydrogen-bond acceptors (Lipinski definition) is 3. The Kier molecular flexibility index (Phi) is 8.20. The van der Waals surface area contributed by atoms with Crippen LogP contribution in [-0.2, 0) is 18.4 Å². The molecule has 184 valence electrons. The third-order valence-corrected chi connectivity index (χ3v) is 6.50. The molecule has 0 aliphatic rings. The third kappa shape index (κ3) is 5.65. The maximum absolute atomic E-state index is 9.79. The Morgan fingerprint density at radius 3 is 2.24 bits per heavy atom. The summed E-state index contributed by atoms with van der Waals surface area (Å²) in [5.41, 5.74) is 9.14. The number of benzene rings is 4. The predicted octanol–water partition coefficient (Wildman–Crippen LogP) is 7.66. The molecule has 1 atom stereocenters. The first-order chi connectivity index (χ1) is 17.6. The van der Waals surface area contributed by atoms with Gasteiger partial charge in [-0.25, -0.2) is 4.98 Å². The smallest absolute Gasteiger partial charge is 0.124 e. The molecule has 37 heavy (non-hydrogen) atoms. The van der Waals surface area contributed by atoms with Gasteiger partial charge in [-0.2, -0.15) is 5.26 Å². The number of ether oxygens (including phenoxy) is 1. The molecule has 1 heterocycles. The quantitative estimate of drug-likeness (QED) is 0.228. The van der Waals surface area contributed by atoms with Crippen molar-refractivity contribution in [1.29, 1.82) is 5.26 Å². The minimum absolute atomic E-state index is 0. The van der Waals surface area contributed by atoms with E-state index in [-0.39, 0.29) is 18.5 Å². The van der Waals surface area contributed by atoms with Gasteiger partial charge in [-0.15, -0.1) is 12.4 Å². The summed E-state index contributed by atoms with van der Waals surface area (Å²) in [6.07, 6.45) is 3.29. The van der Waals surface area contributed by atoms with E-state index in [2.05, 4.69) is 72.6 Å². The number of nitrogens with zero attached hydrogens (tertiary/aromatic N) is 3. The average Bonchev–Trinajstić information content (AvgIpc) is 3.35. The van der Waals surface area contributed by atoms with Crippen molar-refractivity contribution < 1.29 is 4.74 Å². The Morgan fingerprint density at radius 1 is 0.865 bits per heavy atom. The van der Waals surface area contributed by atoms with Crippen LogP contribution in [0.15, 0.2) is 110 Å². The van der Waals surface area contributed by atoms with Gasteiger partial charge in [0.1, 0.15) is 6.10 Å². The van der Waals surface area contributed by atoms with E-state index in [0.29, 0.717) is 12.2 Å². The number of halogens is 1. The van der Waals surface area contributed by atoms with E-state index in [0.717, 1.165) is 33.5 Å². The number of aryl methyl sites for hydroxylation is 2. The Morgan fingerprint density at radius 2 is 1.57 bits per heavy atom. The van der Waals surface area contributed by atoms with E-state index in [9.17, 15) is 5.26 Å². The molecule has 4 nitrogen and oxygen atoms in total. The van der Waals surface area contributed by atoms with Gasteiger partial charge in [0.25, 0.3) is 0 Å². The van der Waals surface area contributed by atoms with Crippen LogP contribution in [-0.4, -0.2) is 9.55 Å². The number of nitriles is 1. The molecule has 0 radical (unpaired) electrons. The fourth-order valence-electron chi connectivity index (χ4n) is 4.50. The summed E-state index contributed by atoms with van der Waals surface area (Å²) < 4.78 is 8.52. The van der Waals surface area contributed by atoms with Gasteiger partial charge in [0.15, 0.2) is 0 Å². The standard InChI is InChI=1S/C32H27N3O.ClH/c1-23-8-6-7-11-29(23)30-18-27(16-17-28(30)19-33)32(31-20-34-22-35(31)2)36-21-24-12-14-26(15-13-24)25-9-4-3-5-10-25;/h3-18,20,22,32H,21H2,1-2H3;1H. The van der Waals surface area contributed by atoms with Crippen molar-refractivity contribution in [2.24, 2.45) is 7.05 Å². The highest BCUT2D eigenvalue weighted by atomic mass is 35.5. The number of aromatic nitrogens is 2. The van der Waals surface area contributed by atoms with Gasteiger partial charge in [0.2, 0.25) is 0 Å². The van der Waals surface area contributed by atoms with Crippen LogP contribution in [0, 0.1) is 18.3 Å². The fraction of sp³-hybridized carbons (Fsp3) is 0.125. The largest absolute Gasteiger partial charge is 0.363 e. The van der Waals surface area contributed by atoms with Gasteiger partial charge < -0.3 is 9.30 Å². The molecule has 0 spiro atoms. The van der Waals surface area contributed by atoms with Crippen LogP contribution in [0.4, 0.5) is 0 Å². The normalized spacial score (nSPS) is 11.4. The first-order valence-electron chi connectivity index (χ1n) is 12.0. The summed E-state index contributed by atoms with van der Waals surface area (Å²) in [6.45, 7) is 2.52. The molecule has 0 saturated carbocycles. The molecule has 0 amide bonds. The predicted molar refractivity (Wildman–Crippen MR) is 150 cm³/mol. The van der Waals surface area contributed by atoms with Gasteiger partial charge in [-0.05, 0) is 52.4 Å². The molecular formula is C32H28ClN3O. The number of hydrogen-bond donors (Lipinski definition) is 0. The molecule has 5 rings (SSSR count). The molecule has 0 N–H and O–H groups in total. The highest BCUT2D eigenvalue weighted by Gasteiger charge is 2.21. The molecule has 0 saturated heterocycles. The van der Waals surface area contributed by atoms with E-state index >= 15 is 0 Å². The zero-order chi connectivity index (χ0) is 24.9. The van der Waals surface area contributed by atoms with Gasteiger partial charge >= 0.3 is 0 Å². The third-order valence-electron chi connectivity index (χ3n) is 6.50. The zero-order valence-corrected chi connectivity index (χ0v) is 21.7. The van der Waals surface area contributed by atoms with Crippen LogP contribution < -0.4 is 0 Å². The molecule has 1 unspecified atom stereocenters. The van der Waals surface area contributed by atoms with Gasteiger partial charge in [0, 0.05) is 12.6 Å². The topological polar surface area (TPSA) is 50.8 Å². The molecule has 5 aromatic rings. The van der Waals surface area contributed by atoms with Crippen LogP contribution in [0.5, 0.6) is 0 Å². The minimum Gasteiger partial charge on any atom is -0.363 e. The van der Waals surface area contributed by atoms with Crippen molar-refractivity contribution in [3.05, 3.63) is 138 Å². The molecular weight excluding hydrogens is 478 g/mol. The van der Waals surface area contributed by atoms with E-state index in [4.69, 9.17) is 4.74 Å². The highest BCUT2D eigenvalue weighted by Crippen LogP contribution is 2.33. The van der Waals surface area contributed by atoms with E-state index < -0.39 is 0 Å². The molecule has 0 aliphatic heterocycles. The Labute approximate surface area is 224 Å². The molecule has 5 heteroatoms. The lowest BCUT2D eigenvalue weighted by atomic mass is 9.93. The van der Waals surface area contributed by atoms with Crippen molar-refractivity contribution in [2.75, 3.05) is 0 Å². The van der Waals surface area contributed by atoms with Crippen LogP contribution in [0.25, 0.3) is 22.3 Å². The molecule has 1 aromatic heterocycles. The summed E-state index contributed by atoms with van der Waals surface area (Å²) in [6, 6.07) is 35.3. The van der Waals surface area contributed by atoms with Crippen molar-refractivity contribution in [3.8, 4) is 28.3 Å². The lowest BCUT2D eigenvalue weighted by molar-refractivity contribution is 0.0622. The van der Waals surface area contributed by atoms with Crippen LogP contribution in [0.2, 0.25) is 0 Å². The second-order valence-corrected chi connectivity index (χ2v) is 8.92. The number of imidazole rings is 1. The SMILES string of the molecule is Cc1ccccc1-c1cc(C(OCc2ccc(-c3ccccc3)cc2)c2cncn2C)ccc1C#N.Cl. The Balaban J connectivity index is 0.00000320. The fourth-order valence-corrected chi connectivity index (χ4v) is 4.50. The van der Waals surface area contributed by atoms with Crippen molar-refractivity contribution in [2.45, 2.75) is 19.6 Å². The monoisotopic (exact) mass is 505 g/mol.